The van der Waals surface area contributed by atoms with Gasteiger partial charge in [-0.2, -0.15) is 16.4 Å². The zero-order chi connectivity index (χ0) is 21.5. The highest BCUT2D eigenvalue weighted by Gasteiger charge is 2.34. The summed E-state index contributed by atoms with van der Waals surface area (Å²) >= 11 is 1.58. The van der Waals surface area contributed by atoms with Crippen molar-refractivity contribution in [2.45, 2.75) is 45.3 Å². The Morgan fingerprint density at radius 1 is 1.30 bits per heavy atom. The molecule has 0 saturated carbocycles. The molecule has 0 bridgehead atoms. The highest BCUT2D eigenvalue weighted by atomic mass is 32.1. The molecule has 0 spiro atoms. The molecule has 1 aliphatic rings. The van der Waals surface area contributed by atoms with Gasteiger partial charge in [0.15, 0.2) is 6.10 Å². The zero-order valence-electron chi connectivity index (χ0n) is 17.6. The van der Waals surface area contributed by atoms with E-state index in [9.17, 15) is 9.90 Å². The number of hydrogen-bond acceptors (Lipinski definition) is 5. The Hall–Kier alpha value is -2.64. The van der Waals surface area contributed by atoms with Crippen LogP contribution in [0.15, 0.2) is 35.0 Å². The molecule has 158 valence electrons. The van der Waals surface area contributed by atoms with Crippen LogP contribution in [0, 0.1) is 0 Å². The van der Waals surface area contributed by atoms with Crippen molar-refractivity contribution in [3.8, 4) is 28.1 Å². The number of carboxylic acids is 1. The number of fused-ring (bicyclic) bond motifs is 1. The van der Waals surface area contributed by atoms with Crippen molar-refractivity contribution in [1.82, 2.24) is 9.78 Å². The van der Waals surface area contributed by atoms with Crippen molar-refractivity contribution in [2.24, 2.45) is 7.05 Å². The summed E-state index contributed by atoms with van der Waals surface area (Å²) in [6.45, 7) is 6.30. The second-order valence-electron chi connectivity index (χ2n) is 8.47. The number of rotatable bonds is 5. The number of aliphatic carboxylic acids is 1. The first kappa shape index (κ1) is 20.6. The summed E-state index contributed by atoms with van der Waals surface area (Å²) in [5.41, 5.74) is 4.48. The van der Waals surface area contributed by atoms with E-state index in [2.05, 4.69) is 6.07 Å². The van der Waals surface area contributed by atoms with Gasteiger partial charge in [0.05, 0.1) is 17.9 Å². The lowest BCUT2D eigenvalue weighted by molar-refractivity contribution is -0.161. The average molecular weight is 427 g/mol. The van der Waals surface area contributed by atoms with E-state index in [-0.39, 0.29) is 0 Å². The molecule has 0 aliphatic carbocycles. The summed E-state index contributed by atoms with van der Waals surface area (Å²) in [5, 5.41) is 18.8. The van der Waals surface area contributed by atoms with Crippen LogP contribution in [-0.4, -0.2) is 33.1 Å². The van der Waals surface area contributed by atoms with Gasteiger partial charge in [-0.1, -0.05) is 6.07 Å². The van der Waals surface area contributed by atoms with Crippen LogP contribution in [0.25, 0.3) is 22.4 Å². The van der Waals surface area contributed by atoms with Gasteiger partial charge in [0, 0.05) is 23.6 Å². The molecule has 0 fully saturated rings. The average Bonchev–Trinajstić information content (AvgIpc) is 3.32. The van der Waals surface area contributed by atoms with Gasteiger partial charge in [-0.3, -0.25) is 4.68 Å². The number of aryl methyl sites for hydroxylation is 2. The van der Waals surface area contributed by atoms with Crippen LogP contribution in [0.3, 0.4) is 0 Å². The number of ether oxygens (including phenoxy) is 2. The monoisotopic (exact) mass is 426 g/mol. The lowest BCUT2D eigenvalue weighted by Crippen LogP contribution is -2.29. The number of nitrogens with zero attached hydrogens (tertiary/aromatic N) is 2. The molecule has 1 unspecified atom stereocenters. The minimum absolute atomic E-state index is 0.537. The summed E-state index contributed by atoms with van der Waals surface area (Å²) in [6.07, 6.45) is 0.767. The maximum Gasteiger partial charge on any atom is 0.339 e. The summed E-state index contributed by atoms with van der Waals surface area (Å²) in [6, 6.07) is 8.05. The molecular formula is C23H26N2O4S. The van der Waals surface area contributed by atoms with E-state index in [1.165, 1.54) is 0 Å². The van der Waals surface area contributed by atoms with E-state index in [4.69, 9.17) is 14.6 Å². The molecule has 3 heterocycles. The third-order valence-corrected chi connectivity index (χ3v) is 5.71. The Kier molecular flexibility index (Phi) is 5.42. The molecule has 30 heavy (non-hydrogen) atoms. The number of carboxylic acid groups (broad SMARTS) is 1. The Morgan fingerprint density at radius 2 is 2.10 bits per heavy atom. The third kappa shape index (κ3) is 4.00. The first-order valence-electron chi connectivity index (χ1n) is 10.0. The van der Waals surface area contributed by atoms with Gasteiger partial charge in [-0.05, 0) is 68.3 Å². The number of benzene rings is 1. The van der Waals surface area contributed by atoms with Gasteiger partial charge in [0.25, 0.3) is 0 Å². The fraction of sp³-hybridized carbons (Fsp3) is 0.391. The molecular weight excluding hydrogens is 400 g/mol. The molecule has 1 atom stereocenters. The molecule has 1 aromatic carbocycles. The second kappa shape index (κ2) is 7.89. The van der Waals surface area contributed by atoms with Gasteiger partial charge < -0.3 is 14.6 Å². The van der Waals surface area contributed by atoms with Crippen LogP contribution >= 0.6 is 11.3 Å². The van der Waals surface area contributed by atoms with E-state index in [1.807, 2.05) is 49.7 Å². The minimum atomic E-state index is -1.14. The number of thiophene rings is 1. The molecule has 0 radical (unpaired) electrons. The van der Waals surface area contributed by atoms with Gasteiger partial charge in [-0.25, -0.2) is 4.79 Å². The van der Waals surface area contributed by atoms with Crippen molar-refractivity contribution in [2.75, 3.05) is 6.61 Å². The molecule has 1 N–H and O–H groups in total. The number of hydrogen-bond donors (Lipinski definition) is 1. The van der Waals surface area contributed by atoms with E-state index in [1.54, 1.807) is 23.1 Å². The van der Waals surface area contributed by atoms with Crippen LogP contribution in [0.4, 0.5) is 0 Å². The second-order valence-corrected chi connectivity index (χ2v) is 9.25. The van der Waals surface area contributed by atoms with Crippen molar-refractivity contribution in [3.63, 3.8) is 0 Å². The highest BCUT2D eigenvalue weighted by Crippen LogP contribution is 2.41. The summed E-state index contributed by atoms with van der Waals surface area (Å²) in [4.78, 5) is 12.3. The van der Waals surface area contributed by atoms with Crippen molar-refractivity contribution in [3.05, 3.63) is 46.3 Å². The molecule has 2 aromatic heterocycles. The molecule has 0 saturated heterocycles. The van der Waals surface area contributed by atoms with E-state index >= 15 is 0 Å². The molecule has 4 rings (SSSR count). The first-order chi connectivity index (χ1) is 14.2. The van der Waals surface area contributed by atoms with E-state index in [0.717, 1.165) is 53.1 Å². The first-order valence-corrected chi connectivity index (χ1v) is 10.9. The van der Waals surface area contributed by atoms with E-state index in [0.29, 0.717) is 5.69 Å². The summed E-state index contributed by atoms with van der Waals surface area (Å²) in [7, 11) is 1.78. The van der Waals surface area contributed by atoms with Crippen molar-refractivity contribution < 1.29 is 19.4 Å². The lowest BCUT2D eigenvalue weighted by Gasteiger charge is -2.26. The molecule has 7 heteroatoms. The number of aromatic nitrogens is 2. The highest BCUT2D eigenvalue weighted by molar-refractivity contribution is 7.08. The molecule has 3 aromatic rings. The van der Waals surface area contributed by atoms with Crippen LogP contribution in [0.1, 0.15) is 44.6 Å². The Morgan fingerprint density at radius 3 is 2.77 bits per heavy atom. The predicted octanol–water partition coefficient (Wildman–Crippen LogP) is 5.08. The lowest BCUT2D eigenvalue weighted by atomic mass is 9.94. The maximum absolute atomic E-state index is 12.3. The van der Waals surface area contributed by atoms with Gasteiger partial charge in [0.2, 0.25) is 0 Å². The molecule has 1 aliphatic heterocycles. The van der Waals surface area contributed by atoms with Crippen molar-refractivity contribution >= 4 is 17.3 Å². The largest absolute Gasteiger partial charge is 0.493 e. The summed E-state index contributed by atoms with van der Waals surface area (Å²) < 4.78 is 13.4. The van der Waals surface area contributed by atoms with E-state index < -0.39 is 17.7 Å². The standard InChI is InChI=1S/C23H26N2O4S/c1-23(2,3)29-21(22(26)27)20-18(19(24-25(20)4)16-9-11-30-13-16)15-7-8-17-14(12-15)6-5-10-28-17/h7-9,11-13,21H,5-6,10H2,1-4H3,(H,26,27). The zero-order valence-corrected chi connectivity index (χ0v) is 18.5. The fourth-order valence-electron chi connectivity index (χ4n) is 3.82. The predicted molar refractivity (Wildman–Crippen MR) is 117 cm³/mol. The Balaban J connectivity index is 1.94. The topological polar surface area (TPSA) is 73.6 Å². The van der Waals surface area contributed by atoms with Gasteiger partial charge in [-0.15, -0.1) is 0 Å². The molecule has 0 amide bonds. The Labute approximate surface area is 180 Å². The summed E-state index contributed by atoms with van der Waals surface area (Å²) in [5.74, 6) is -0.138. The van der Waals surface area contributed by atoms with Crippen LogP contribution in [0.5, 0.6) is 5.75 Å². The van der Waals surface area contributed by atoms with Gasteiger partial charge >= 0.3 is 5.97 Å². The van der Waals surface area contributed by atoms with Crippen LogP contribution < -0.4 is 4.74 Å². The fourth-order valence-corrected chi connectivity index (χ4v) is 4.46. The normalized spacial score (nSPS) is 14.8. The van der Waals surface area contributed by atoms with Crippen LogP contribution in [-0.2, 0) is 23.0 Å². The molecule has 6 nitrogen and oxygen atoms in total. The third-order valence-electron chi connectivity index (χ3n) is 5.03. The quantitative estimate of drug-likeness (QED) is 0.616. The smallest absolute Gasteiger partial charge is 0.339 e. The SMILES string of the molecule is Cn1nc(-c2ccsc2)c(-c2ccc3c(c2)CCCO3)c1C(OC(C)(C)C)C(=O)O. The number of carbonyl (C=O) groups is 1. The van der Waals surface area contributed by atoms with Crippen LogP contribution in [0.2, 0.25) is 0 Å². The van der Waals surface area contributed by atoms with Crippen molar-refractivity contribution in [1.29, 1.82) is 0 Å². The van der Waals surface area contributed by atoms with Gasteiger partial charge in [0.1, 0.15) is 11.4 Å². The maximum atomic E-state index is 12.3. The Bertz CT molecular complexity index is 1060. The minimum Gasteiger partial charge on any atom is -0.493 e.